The number of nitrogens with one attached hydrogen (secondary N) is 1. The van der Waals surface area contributed by atoms with Crippen molar-refractivity contribution in [2.75, 3.05) is 12.5 Å². The Morgan fingerprint density at radius 3 is 3.00 bits per heavy atom. The molecule has 20 heavy (non-hydrogen) atoms. The van der Waals surface area contributed by atoms with Gasteiger partial charge < -0.3 is 5.43 Å². The summed E-state index contributed by atoms with van der Waals surface area (Å²) in [5.41, 5.74) is 5.54. The van der Waals surface area contributed by atoms with E-state index in [1.165, 1.54) is 0 Å². The predicted octanol–water partition coefficient (Wildman–Crippen LogP) is 2.07. The molecule has 104 valence electrons. The topological polar surface area (TPSA) is 80.0 Å². The average molecular weight is 306 g/mol. The fourth-order valence-electron chi connectivity index (χ4n) is 1.97. The minimum Gasteiger partial charge on any atom is -0.308 e. The number of aromatic nitrogens is 3. The zero-order chi connectivity index (χ0) is 13.9. The minimum atomic E-state index is 0.653. The maximum atomic E-state index is 5.53. The highest BCUT2D eigenvalue weighted by molar-refractivity contribution is 7.16. The largest absolute Gasteiger partial charge is 0.308 e. The lowest BCUT2D eigenvalue weighted by Gasteiger charge is -2.14. The molecule has 0 unspecified atom stereocenters. The highest BCUT2D eigenvalue weighted by Crippen LogP contribution is 2.24. The first kappa shape index (κ1) is 13.4. The lowest BCUT2D eigenvalue weighted by Crippen LogP contribution is -2.20. The molecule has 0 aliphatic carbocycles. The molecular formula is C12H14N6S2. The van der Waals surface area contributed by atoms with E-state index >= 15 is 0 Å². The van der Waals surface area contributed by atoms with Gasteiger partial charge in [-0.05, 0) is 18.5 Å². The van der Waals surface area contributed by atoms with Crippen LogP contribution >= 0.6 is 22.7 Å². The monoisotopic (exact) mass is 306 g/mol. The van der Waals surface area contributed by atoms with Crippen LogP contribution in [0.1, 0.15) is 11.5 Å². The Kier molecular flexibility index (Phi) is 3.88. The van der Waals surface area contributed by atoms with Crippen molar-refractivity contribution in [1.82, 2.24) is 19.9 Å². The van der Waals surface area contributed by atoms with Gasteiger partial charge in [0.15, 0.2) is 5.82 Å². The molecule has 3 heterocycles. The van der Waals surface area contributed by atoms with E-state index in [2.05, 4.69) is 25.3 Å². The third-order valence-corrected chi connectivity index (χ3v) is 4.28. The van der Waals surface area contributed by atoms with Gasteiger partial charge in [-0.3, -0.25) is 4.90 Å². The Balaban J connectivity index is 1.79. The Morgan fingerprint density at radius 2 is 2.25 bits per heavy atom. The molecule has 0 saturated carbocycles. The summed E-state index contributed by atoms with van der Waals surface area (Å²) in [5.74, 6) is 6.96. The van der Waals surface area contributed by atoms with E-state index in [0.717, 1.165) is 28.3 Å². The van der Waals surface area contributed by atoms with Crippen LogP contribution in [0.2, 0.25) is 0 Å². The van der Waals surface area contributed by atoms with Gasteiger partial charge in [0.2, 0.25) is 0 Å². The molecule has 0 atom stereocenters. The fourth-order valence-corrected chi connectivity index (χ4v) is 3.30. The molecule has 0 aromatic carbocycles. The molecular weight excluding hydrogens is 292 g/mol. The highest BCUT2D eigenvalue weighted by atomic mass is 32.1. The van der Waals surface area contributed by atoms with Gasteiger partial charge >= 0.3 is 0 Å². The summed E-state index contributed by atoms with van der Waals surface area (Å²) in [7, 11) is 2.02. The second-order valence-electron chi connectivity index (χ2n) is 4.42. The second-order valence-corrected chi connectivity index (χ2v) is 6.04. The van der Waals surface area contributed by atoms with E-state index in [9.17, 15) is 0 Å². The Bertz CT molecular complexity index is 693. The van der Waals surface area contributed by atoms with Gasteiger partial charge in [-0.2, -0.15) is 0 Å². The molecule has 3 aromatic heterocycles. The summed E-state index contributed by atoms with van der Waals surface area (Å²) in [6.45, 7) is 1.43. The van der Waals surface area contributed by atoms with Gasteiger partial charge in [0.05, 0.1) is 23.1 Å². The highest BCUT2D eigenvalue weighted by Gasteiger charge is 2.10. The quantitative estimate of drug-likeness (QED) is 0.555. The number of hydrogen-bond donors (Lipinski definition) is 2. The number of nitrogen functional groups attached to an aromatic ring is 1. The average Bonchev–Trinajstić information content (AvgIpc) is 3.08. The van der Waals surface area contributed by atoms with E-state index in [1.54, 1.807) is 22.7 Å². The number of hydrogen-bond acceptors (Lipinski definition) is 8. The fraction of sp³-hybridized carbons (Fsp3) is 0.250. The van der Waals surface area contributed by atoms with Crippen LogP contribution in [0, 0.1) is 0 Å². The van der Waals surface area contributed by atoms with Crippen molar-refractivity contribution in [3.05, 3.63) is 33.9 Å². The standard InChI is InChI=1S/C12H14N6S2/c1-18(4-8-6-19-7-14-8)5-10-15-11(17-13)9-2-3-20-12(9)16-10/h2-3,6-7H,4-5,13H2,1H3,(H,15,16,17). The predicted molar refractivity (Wildman–Crippen MR) is 82.5 cm³/mol. The zero-order valence-corrected chi connectivity index (χ0v) is 12.5. The molecule has 0 aliphatic heterocycles. The van der Waals surface area contributed by atoms with Crippen LogP contribution in [0.15, 0.2) is 22.3 Å². The summed E-state index contributed by atoms with van der Waals surface area (Å²) in [4.78, 5) is 16.4. The molecule has 3 rings (SSSR count). The SMILES string of the molecule is CN(Cc1cscn1)Cc1nc(NN)c2ccsc2n1. The molecule has 3 N–H and O–H groups in total. The van der Waals surface area contributed by atoms with Crippen molar-refractivity contribution in [3.63, 3.8) is 0 Å². The first-order valence-corrected chi connectivity index (χ1v) is 7.85. The number of hydrazine groups is 1. The zero-order valence-electron chi connectivity index (χ0n) is 10.9. The number of anilines is 1. The second kappa shape index (κ2) is 5.80. The van der Waals surface area contributed by atoms with Crippen LogP contribution in [-0.4, -0.2) is 26.9 Å². The van der Waals surface area contributed by atoms with Gasteiger partial charge in [-0.25, -0.2) is 20.8 Å². The Morgan fingerprint density at radius 1 is 1.35 bits per heavy atom. The van der Waals surface area contributed by atoms with Crippen LogP contribution in [0.3, 0.4) is 0 Å². The first-order chi connectivity index (χ1) is 9.76. The number of fused-ring (bicyclic) bond motifs is 1. The minimum absolute atomic E-state index is 0.653. The van der Waals surface area contributed by atoms with Gasteiger partial charge in [0.1, 0.15) is 10.7 Å². The van der Waals surface area contributed by atoms with E-state index in [4.69, 9.17) is 5.84 Å². The van der Waals surface area contributed by atoms with Crippen LogP contribution in [0.4, 0.5) is 5.82 Å². The number of rotatable bonds is 5. The van der Waals surface area contributed by atoms with Crippen LogP contribution < -0.4 is 11.3 Å². The van der Waals surface area contributed by atoms with Crippen molar-refractivity contribution >= 4 is 38.7 Å². The van der Waals surface area contributed by atoms with E-state index in [0.29, 0.717) is 12.4 Å². The molecule has 0 saturated heterocycles. The third-order valence-electron chi connectivity index (χ3n) is 2.83. The summed E-state index contributed by atoms with van der Waals surface area (Å²) < 4.78 is 0. The molecule has 0 aliphatic rings. The molecule has 0 radical (unpaired) electrons. The van der Waals surface area contributed by atoms with Crippen molar-refractivity contribution < 1.29 is 0 Å². The summed E-state index contributed by atoms with van der Waals surface area (Å²) in [6.07, 6.45) is 0. The maximum absolute atomic E-state index is 5.53. The van der Waals surface area contributed by atoms with Crippen molar-refractivity contribution in [2.24, 2.45) is 5.84 Å². The maximum Gasteiger partial charge on any atom is 0.152 e. The number of nitrogens with zero attached hydrogens (tertiary/aromatic N) is 4. The van der Waals surface area contributed by atoms with Crippen LogP contribution in [0.25, 0.3) is 10.2 Å². The van der Waals surface area contributed by atoms with Gasteiger partial charge in [-0.15, -0.1) is 22.7 Å². The van der Waals surface area contributed by atoms with Crippen LogP contribution in [-0.2, 0) is 13.1 Å². The number of nitrogens with two attached hydrogens (primary N) is 1. The lowest BCUT2D eigenvalue weighted by atomic mass is 10.3. The molecule has 0 bridgehead atoms. The number of thiazole rings is 1. The molecule has 0 spiro atoms. The molecule has 0 amide bonds. The summed E-state index contributed by atoms with van der Waals surface area (Å²) in [5, 5.41) is 5.00. The first-order valence-electron chi connectivity index (χ1n) is 6.02. The van der Waals surface area contributed by atoms with Crippen LogP contribution in [0.5, 0.6) is 0 Å². The van der Waals surface area contributed by atoms with Crippen molar-refractivity contribution in [3.8, 4) is 0 Å². The lowest BCUT2D eigenvalue weighted by molar-refractivity contribution is 0.308. The molecule has 8 heteroatoms. The molecule has 6 nitrogen and oxygen atoms in total. The Hall–Kier alpha value is -1.61. The van der Waals surface area contributed by atoms with E-state index < -0.39 is 0 Å². The van der Waals surface area contributed by atoms with Gasteiger partial charge in [-0.1, -0.05) is 0 Å². The number of thiophene rings is 1. The molecule has 0 fully saturated rings. The smallest absolute Gasteiger partial charge is 0.152 e. The summed E-state index contributed by atoms with van der Waals surface area (Å²) in [6, 6.07) is 1.97. The van der Waals surface area contributed by atoms with Gasteiger partial charge in [0, 0.05) is 11.9 Å². The van der Waals surface area contributed by atoms with Crippen molar-refractivity contribution in [2.45, 2.75) is 13.1 Å². The normalized spacial score (nSPS) is 11.3. The summed E-state index contributed by atoms with van der Waals surface area (Å²) >= 11 is 3.19. The Labute approximate surface area is 124 Å². The van der Waals surface area contributed by atoms with E-state index in [1.807, 2.05) is 29.4 Å². The third kappa shape index (κ3) is 2.78. The van der Waals surface area contributed by atoms with Gasteiger partial charge in [0.25, 0.3) is 0 Å². The van der Waals surface area contributed by atoms with Crippen molar-refractivity contribution in [1.29, 1.82) is 0 Å². The molecule has 3 aromatic rings. The van der Waals surface area contributed by atoms with E-state index in [-0.39, 0.29) is 0 Å².